The first kappa shape index (κ1) is 22.9. The first-order valence-corrected chi connectivity index (χ1v) is 10.00. The summed E-state index contributed by atoms with van der Waals surface area (Å²) in [7, 11) is 3.46. The first-order valence-electron chi connectivity index (χ1n) is 9.12. The van der Waals surface area contributed by atoms with E-state index in [0.717, 1.165) is 67.4 Å². The molecule has 154 valence electrons. The van der Waals surface area contributed by atoms with Gasteiger partial charge in [0.2, 0.25) is 0 Å². The average molecular weight is 517 g/mol. The van der Waals surface area contributed by atoms with E-state index in [2.05, 4.69) is 25.9 Å². The summed E-state index contributed by atoms with van der Waals surface area (Å²) in [4.78, 5) is 11.4. The number of morpholine rings is 1. The summed E-state index contributed by atoms with van der Waals surface area (Å²) in [6.45, 7) is 6.14. The zero-order valence-electron chi connectivity index (χ0n) is 16.3. The van der Waals surface area contributed by atoms with Gasteiger partial charge in [0.25, 0.3) is 0 Å². The normalized spacial score (nSPS) is 15.0. The fraction of sp³-hybridized carbons (Fsp3) is 0.474. The van der Waals surface area contributed by atoms with Crippen molar-refractivity contribution in [1.82, 2.24) is 20.5 Å². The number of halogens is 1. The maximum atomic E-state index is 5.37. The monoisotopic (exact) mass is 517 g/mol. The van der Waals surface area contributed by atoms with E-state index in [1.807, 2.05) is 24.3 Å². The Morgan fingerprint density at radius 3 is 2.68 bits per heavy atom. The van der Waals surface area contributed by atoms with Crippen molar-refractivity contribution in [3.05, 3.63) is 35.3 Å². The molecular formula is C19H28IN5O2S. The third-order valence-corrected chi connectivity index (χ3v) is 5.31. The van der Waals surface area contributed by atoms with Crippen LogP contribution >= 0.6 is 35.3 Å². The molecule has 7 nitrogen and oxygen atoms in total. The highest BCUT2D eigenvalue weighted by Crippen LogP contribution is 2.25. The number of thiazole rings is 1. The Balaban J connectivity index is 0.00000280. The van der Waals surface area contributed by atoms with Crippen LogP contribution in [0.25, 0.3) is 10.6 Å². The van der Waals surface area contributed by atoms with E-state index in [1.165, 1.54) is 0 Å². The largest absolute Gasteiger partial charge is 0.497 e. The van der Waals surface area contributed by atoms with E-state index >= 15 is 0 Å². The number of methoxy groups -OCH3 is 1. The lowest BCUT2D eigenvalue weighted by Gasteiger charge is -2.26. The molecule has 1 aliphatic heterocycles. The van der Waals surface area contributed by atoms with Crippen LogP contribution in [-0.4, -0.2) is 69.4 Å². The van der Waals surface area contributed by atoms with E-state index in [1.54, 1.807) is 25.5 Å². The van der Waals surface area contributed by atoms with Crippen molar-refractivity contribution in [2.45, 2.75) is 6.54 Å². The van der Waals surface area contributed by atoms with Gasteiger partial charge in [-0.3, -0.25) is 9.89 Å². The van der Waals surface area contributed by atoms with Gasteiger partial charge in [0.1, 0.15) is 10.8 Å². The van der Waals surface area contributed by atoms with Gasteiger partial charge >= 0.3 is 0 Å². The first-order chi connectivity index (χ1) is 13.3. The molecule has 2 aromatic rings. The van der Waals surface area contributed by atoms with Gasteiger partial charge in [0, 0.05) is 44.2 Å². The number of hydrogen-bond acceptors (Lipinski definition) is 6. The van der Waals surface area contributed by atoms with E-state index in [9.17, 15) is 0 Å². The van der Waals surface area contributed by atoms with E-state index in [0.29, 0.717) is 6.54 Å². The lowest BCUT2D eigenvalue weighted by molar-refractivity contribution is 0.0389. The molecule has 9 heteroatoms. The fourth-order valence-electron chi connectivity index (χ4n) is 2.81. The number of nitrogens with one attached hydrogen (secondary N) is 2. The molecule has 1 aromatic heterocycles. The Hall–Kier alpha value is -1.43. The number of nitrogens with zero attached hydrogens (tertiary/aromatic N) is 3. The predicted molar refractivity (Wildman–Crippen MR) is 125 cm³/mol. The summed E-state index contributed by atoms with van der Waals surface area (Å²) in [6.07, 6.45) is 0. The Labute approximate surface area is 187 Å². The molecule has 0 radical (unpaired) electrons. The van der Waals surface area contributed by atoms with Gasteiger partial charge in [-0.2, -0.15) is 0 Å². The van der Waals surface area contributed by atoms with Crippen molar-refractivity contribution in [1.29, 1.82) is 0 Å². The minimum Gasteiger partial charge on any atom is -0.497 e. The lowest BCUT2D eigenvalue weighted by atomic mass is 10.2. The van der Waals surface area contributed by atoms with Crippen molar-refractivity contribution >= 4 is 41.3 Å². The zero-order valence-corrected chi connectivity index (χ0v) is 19.5. The molecule has 28 heavy (non-hydrogen) atoms. The highest BCUT2D eigenvalue weighted by atomic mass is 127. The molecule has 1 aromatic carbocycles. The molecule has 0 amide bonds. The Kier molecular flexibility index (Phi) is 9.96. The van der Waals surface area contributed by atoms with Crippen LogP contribution < -0.4 is 15.4 Å². The third-order valence-electron chi connectivity index (χ3n) is 4.37. The number of ether oxygens (including phenoxy) is 2. The molecule has 2 N–H and O–H groups in total. The molecule has 2 heterocycles. The van der Waals surface area contributed by atoms with Gasteiger partial charge < -0.3 is 20.1 Å². The highest BCUT2D eigenvalue weighted by Gasteiger charge is 2.10. The van der Waals surface area contributed by atoms with Crippen LogP contribution in [0.4, 0.5) is 0 Å². The van der Waals surface area contributed by atoms with Gasteiger partial charge in [-0.05, 0) is 24.3 Å². The van der Waals surface area contributed by atoms with E-state index in [4.69, 9.17) is 14.5 Å². The minimum absolute atomic E-state index is 0. The molecule has 0 saturated carbocycles. The summed E-state index contributed by atoms with van der Waals surface area (Å²) in [5.74, 6) is 1.64. The van der Waals surface area contributed by atoms with Crippen LogP contribution in [-0.2, 0) is 11.3 Å². The number of rotatable bonds is 7. The van der Waals surface area contributed by atoms with Gasteiger partial charge in [-0.25, -0.2) is 4.98 Å². The predicted octanol–water partition coefficient (Wildman–Crippen LogP) is 2.43. The molecule has 0 aliphatic carbocycles. The number of guanidine groups is 1. The van der Waals surface area contributed by atoms with Gasteiger partial charge in [-0.15, -0.1) is 35.3 Å². The fourth-order valence-corrected chi connectivity index (χ4v) is 3.63. The molecule has 1 fully saturated rings. The Bertz CT molecular complexity index is 732. The third kappa shape index (κ3) is 6.87. The molecule has 0 bridgehead atoms. The van der Waals surface area contributed by atoms with Crippen LogP contribution in [0.3, 0.4) is 0 Å². The molecule has 0 spiro atoms. The van der Waals surface area contributed by atoms with Crippen molar-refractivity contribution in [2.24, 2.45) is 4.99 Å². The standard InChI is InChI=1S/C19H27N5O2S.HI/c1-20-19(21-7-8-24-9-11-26-12-10-24)22-13-16-14-27-18(23-16)15-3-5-17(25-2)6-4-15;/h3-6,14H,7-13H2,1-2H3,(H2,20,21,22);1H. The van der Waals surface area contributed by atoms with Crippen molar-refractivity contribution in [3.63, 3.8) is 0 Å². The maximum Gasteiger partial charge on any atom is 0.191 e. The zero-order chi connectivity index (χ0) is 18.9. The van der Waals surface area contributed by atoms with Crippen LogP contribution in [0.1, 0.15) is 5.69 Å². The van der Waals surface area contributed by atoms with Crippen molar-refractivity contribution in [3.8, 4) is 16.3 Å². The summed E-state index contributed by atoms with van der Waals surface area (Å²) >= 11 is 1.64. The Morgan fingerprint density at radius 2 is 2.00 bits per heavy atom. The highest BCUT2D eigenvalue weighted by molar-refractivity contribution is 14.0. The summed E-state index contributed by atoms with van der Waals surface area (Å²) in [5, 5.41) is 9.76. The molecule has 1 aliphatic rings. The van der Waals surface area contributed by atoms with Crippen LogP contribution in [0, 0.1) is 0 Å². The molecular weight excluding hydrogens is 489 g/mol. The van der Waals surface area contributed by atoms with Crippen LogP contribution in [0.2, 0.25) is 0 Å². The van der Waals surface area contributed by atoms with Gasteiger partial charge in [0.05, 0.1) is 32.6 Å². The maximum absolute atomic E-state index is 5.37. The van der Waals surface area contributed by atoms with Crippen LogP contribution in [0.15, 0.2) is 34.6 Å². The van der Waals surface area contributed by atoms with Crippen molar-refractivity contribution in [2.75, 3.05) is 53.6 Å². The second-order valence-electron chi connectivity index (χ2n) is 6.18. The molecule has 3 rings (SSSR count). The summed E-state index contributed by atoms with van der Waals surface area (Å²) in [5.41, 5.74) is 2.10. The second kappa shape index (κ2) is 12.2. The number of benzene rings is 1. The van der Waals surface area contributed by atoms with Crippen molar-refractivity contribution < 1.29 is 9.47 Å². The second-order valence-corrected chi connectivity index (χ2v) is 7.04. The molecule has 0 unspecified atom stereocenters. The number of aliphatic imine (C=N–C) groups is 1. The number of hydrogen-bond donors (Lipinski definition) is 2. The lowest BCUT2D eigenvalue weighted by Crippen LogP contribution is -2.44. The summed E-state index contributed by atoms with van der Waals surface area (Å²) < 4.78 is 10.6. The van der Waals surface area contributed by atoms with Gasteiger partial charge in [0.15, 0.2) is 5.96 Å². The Morgan fingerprint density at radius 1 is 1.25 bits per heavy atom. The van der Waals surface area contributed by atoms with E-state index < -0.39 is 0 Å². The average Bonchev–Trinajstić information content (AvgIpc) is 3.20. The topological polar surface area (TPSA) is 71.0 Å². The quantitative estimate of drug-likeness (QED) is 0.334. The van der Waals surface area contributed by atoms with Gasteiger partial charge in [-0.1, -0.05) is 0 Å². The molecule has 1 saturated heterocycles. The van der Waals surface area contributed by atoms with E-state index in [-0.39, 0.29) is 24.0 Å². The van der Waals surface area contributed by atoms with Crippen LogP contribution in [0.5, 0.6) is 5.75 Å². The number of aromatic nitrogens is 1. The molecule has 0 atom stereocenters. The SMILES string of the molecule is CN=C(NCCN1CCOCC1)NCc1csc(-c2ccc(OC)cc2)n1.I. The summed E-state index contributed by atoms with van der Waals surface area (Å²) in [6, 6.07) is 7.96. The minimum atomic E-state index is 0. The smallest absolute Gasteiger partial charge is 0.191 e.